The van der Waals surface area contributed by atoms with Crippen LogP contribution < -0.4 is 19.5 Å². The van der Waals surface area contributed by atoms with Crippen LogP contribution in [0.15, 0.2) is 36.4 Å². The number of aliphatic carboxylic acids is 1. The van der Waals surface area contributed by atoms with Gasteiger partial charge >= 0.3 is 5.97 Å². The highest BCUT2D eigenvalue weighted by Crippen LogP contribution is 2.29. The van der Waals surface area contributed by atoms with Crippen molar-refractivity contribution in [2.45, 2.75) is 25.4 Å². The van der Waals surface area contributed by atoms with Crippen LogP contribution in [0.5, 0.6) is 17.2 Å². The van der Waals surface area contributed by atoms with Gasteiger partial charge in [0.2, 0.25) is 10.0 Å². The summed E-state index contributed by atoms with van der Waals surface area (Å²) in [6, 6.07) is 9.83. The second-order valence-electron chi connectivity index (χ2n) is 8.40. The minimum Gasteiger partial charge on any atom is -0.506 e. The normalized spacial score (nSPS) is 16.4. The molecule has 0 amide bonds. The number of hydrogen-bond donors (Lipinski definition) is 5. The zero-order valence-electron chi connectivity index (χ0n) is 18.9. The Labute approximate surface area is 198 Å². The molecule has 2 atom stereocenters. The number of carboxylic acids is 1. The van der Waals surface area contributed by atoms with Gasteiger partial charge in [0, 0.05) is 12.6 Å². The van der Waals surface area contributed by atoms with Crippen LogP contribution in [-0.4, -0.2) is 68.4 Å². The Morgan fingerprint density at radius 2 is 1.88 bits per heavy atom. The van der Waals surface area contributed by atoms with E-state index in [-0.39, 0.29) is 24.7 Å². The van der Waals surface area contributed by atoms with Gasteiger partial charge in [0.25, 0.3) is 0 Å². The molecule has 1 aliphatic carbocycles. The molecular weight excluding hydrogens is 464 g/mol. The van der Waals surface area contributed by atoms with Gasteiger partial charge in [-0.3, -0.25) is 4.72 Å². The van der Waals surface area contributed by atoms with Gasteiger partial charge in [-0.25, -0.2) is 13.2 Å². The van der Waals surface area contributed by atoms with Crippen molar-refractivity contribution in [2.75, 3.05) is 37.3 Å². The SMILES string of the molecule is CS(=O)(=O)Nc1cc(OC[C@@H](O)CNCC2CCc3cc(OCC(=O)O)ccc3C2)ccc1O. The van der Waals surface area contributed by atoms with Crippen LogP contribution in [0.25, 0.3) is 0 Å². The average molecular weight is 495 g/mol. The lowest BCUT2D eigenvalue weighted by Crippen LogP contribution is -2.35. The van der Waals surface area contributed by atoms with Gasteiger partial charge in [-0.15, -0.1) is 0 Å². The van der Waals surface area contributed by atoms with Crippen LogP contribution in [0, 0.1) is 5.92 Å². The number of sulfonamides is 1. The monoisotopic (exact) mass is 494 g/mol. The molecule has 0 spiro atoms. The number of ether oxygens (including phenoxy) is 2. The summed E-state index contributed by atoms with van der Waals surface area (Å²) in [7, 11) is -3.55. The summed E-state index contributed by atoms with van der Waals surface area (Å²) < 4.78 is 35.7. The van der Waals surface area contributed by atoms with Crippen molar-refractivity contribution in [1.82, 2.24) is 5.32 Å². The summed E-state index contributed by atoms with van der Waals surface area (Å²) in [6.45, 7) is 0.707. The summed E-state index contributed by atoms with van der Waals surface area (Å²) >= 11 is 0. The quantitative estimate of drug-likeness (QED) is 0.275. The minimum absolute atomic E-state index is 0.00269. The Kier molecular flexibility index (Phi) is 8.59. The fraction of sp³-hybridized carbons (Fsp3) is 0.435. The molecule has 0 aliphatic heterocycles. The van der Waals surface area contributed by atoms with Gasteiger partial charge in [0.05, 0.1) is 11.9 Å². The standard InChI is InChI=1S/C23H30N2O8S/c1-34(30,31)25-21-10-20(6-7-22(21)27)32-13-18(26)12-24-11-15-2-3-17-9-19(33-14-23(28)29)5-4-16(17)8-15/h4-7,9-10,15,18,24-27H,2-3,8,11-14H2,1H3,(H,28,29)/t15?,18-/m0/s1. The van der Waals surface area contributed by atoms with E-state index in [2.05, 4.69) is 10.0 Å². The van der Waals surface area contributed by atoms with E-state index in [1.165, 1.54) is 29.3 Å². The fourth-order valence-corrected chi connectivity index (χ4v) is 4.37. The Hall–Kier alpha value is -3.02. The number of carbonyl (C=O) groups is 1. The molecule has 2 aromatic carbocycles. The molecule has 5 N–H and O–H groups in total. The lowest BCUT2D eigenvalue weighted by Gasteiger charge is -2.26. The maximum atomic E-state index is 11.4. The molecule has 0 heterocycles. The van der Waals surface area contributed by atoms with Gasteiger partial charge in [-0.05, 0) is 67.1 Å². The number of rotatable bonds is 12. The molecule has 0 saturated carbocycles. The number of carboxylic acid groups (broad SMARTS) is 1. The Balaban J connectivity index is 1.41. The molecule has 2 aromatic rings. The first-order valence-corrected chi connectivity index (χ1v) is 12.8. The Morgan fingerprint density at radius 1 is 1.15 bits per heavy atom. The highest BCUT2D eigenvalue weighted by molar-refractivity contribution is 7.92. The van der Waals surface area contributed by atoms with Gasteiger partial charge < -0.3 is 30.1 Å². The summed E-state index contributed by atoms with van der Waals surface area (Å²) in [6.07, 6.45) is 2.94. The molecule has 1 unspecified atom stereocenters. The zero-order valence-corrected chi connectivity index (χ0v) is 19.7. The molecule has 3 rings (SSSR count). The smallest absolute Gasteiger partial charge is 0.341 e. The minimum atomic E-state index is -3.55. The molecule has 0 aromatic heterocycles. The maximum Gasteiger partial charge on any atom is 0.341 e. The van der Waals surface area contributed by atoms with Crippen molar-refractivity contribution >= 4 is 21.7 Å². The van der Waals surface area contributed by atoms with E-state index in [4.69, 9.17) is 14.6 Å². The van der Waals surface area contributed by atoms with E-state index in [0.717, 1.165) is 32.1 Å². The topological polar surface area (TPSA) is 154 Å². The molecule has 10 nitrogen and oxygen atoms in total. The molecule has 186 valence electrons. The lowest BCUT2D eigenvalue weighted by atomic mass is 9.84. The van der Waals surface area contributed by atoms with Crippen LogP contribution in [0.2, 0.25) is 0 Å². The number of aryl methyl sites for hydroxylation is 1. The van der Waals surface area contributed by atoms with Crippen molar-refractivity contribution in [3.05, 3.63) is 47.5 Å². The number of aromatic hydroxyl groups is 1. The van der Waals surface area contributed by atoms with Crippen LogP contribution in [0.1, 0.15) is 17.5 Å². The van der Waals surface area contributed by atoms with E-state index in [1.54, 1.807) is 6.07 Å². The van der Waals surface area contributed by atoms with E-state index in [1.807, 2.05) is 12.1 Å². The number of nitrogens with one attached hydrogen (secondary N) is 2. The van der Waals surface area contributed by atoms with Gasteiger partial charge in [0.1, 0.15) is 30.0 Å². The number of benzene rings is 2. The van der Waals surface area contributed by atoms with Crippen molar-refractivity contribution in [1.29, 1.82) is 0 Å². The number of fused-ring (bicyclic) bond motifs is 1. The zero-order chi connectivity index (χ0) is 24.7. The van der Waals surface area contributed by atoms with E-state index in [0.29, 0.717) is 24.0 Å². The van der Waals surface area contributed by atoms with Crippen LogP contribution in [0.3, 0.4) is 0 Å². The van der Waals surface area contributed by atoms with Gasteiger partial charge in [-0.1, -0.05) is 6.07 Å². The van der Waals surface area contributed by atoms with Crippen molar-refractivity contribution in [2.24, 2.45) is 5.92 Å². The summed E-state index contributed by atoms with van der Waals surface area (Å²) in [5, 5.41) is 32.0. The summed E-state index contributed by atoms with van der Waals surface area (Å²) in [5.41, 5.74) is 2.40. The van der Waals surface area contributed by atoms with E-state index in [9.17, 15) is 23.4 Å². The first kappa shape index (κ1) is 25.6. The number of anilines is 1. The molecule has 0 radical (unpaired) electrons. The molecule has 34 heavy (non-hydrogen) atoms. The molecule has 11 heteroatoms. The van der Waals surface area contributed by atoms with Crippen LogP contribution in [0.4, 0.5) is 5.69 Å². The summed E-state index contributed by atoms with van der Waals surface area (Å²) in [4.78, 5) is 10.6. The molecule has 0 fully saturated rings. The van der Waals surface area contributed by atoms with Crippen molar-refractivity contribution in [3.8, 4) is 17.2 Å². The van der Waals surface area contributed by atoms with E-state index < -0.39 is 22.1 Å². The number of hydrogen-bond acceptors (Lipinski definition) is 8. The van der Waals surface area contributed by atoms with Crippen molar-refractivity contribution < 1.29 is 38.0 Å². The number of aliphatic hydroxyl groups is 1. The Morgan fingerprint density at radius 3 is 2.62 bits per heavy atom. The molecule has 1 aliphatic rings. The second-order valence-corrected chi connectivity index (χ2v) is 10.1. The molecule has 0 saturated heterocycles. The number of phenolic OH excluding ortho intramolecular Hbond substituents is 1. The Bertz CT molecular complexity index is 1110. The predicted molar refractivity (Wildman–Crippen MR) is 126 cm³/mol. The van der Waals surface area contributed by atoms with Crippen molar-refractivity contribution in [3.63, 3.8) is 0 Å². The lowest BCUT2D eigenvalue weighted by molar-refractivity contribution is -0.139. The third-order valence-corrected chi connectivity index (χ3v) is 5.98. The fourth-order valence-electron chi connectivity index (χ4n) is 3.81. The predicted octanol–water partition coefficient (Wildman–Crippen LogP) is 1.36. The second kappa shape index (κ2) is 11.4. The average Bonchev–Trinajstić information content (AvgIpc) is 2.77. The summed E-state index contributed by atoms with van der Waals surface area (Å²) in [5.74, 6) is 0.0618. The number of aliphatic hydroxyl groups excluding tert-OH is 1. The third kappa shape index (κ3) is 8.08. The van der Waals surface area contributed by atoms with Gasteiger partial charge in [0.15, 0.2) is 6.61 Å². The van der Waals surface area contributed by atoms with Crippen LogP contribution >= 0.6 is 0 Å². The van der Waals surface area contributed by atoms with Crippen LogP contribution in [-0.2, 0) is 27.7 Å². The van der Waals surface area contributed by atoms with Gasteiger partial charge in [-0.2, -0.15) is 0 Å². The van der Waals surface area contributed by atoms with E-state index >= 15 is 0 Å². The first-order chi connectivity index (χ1) is 16.1. The molecular formula is C23H30N2O8S. The highest BCUT2D eigenvalue weighted by Gasteiger charge is 2.19. The largest absolute Gasteiger partial charge is 0.506 e. The number of phenols is 1. The third-order valence-electron chi connectivity index (χ3n) is 5.39. The first-order valence-electron chi connectivity index (χ1n) is 10.9. The highest BCUT2D eigenvalue weighted by atomic mass is 32.2. The maximum absolute atomic E-state index is 11.4. The molecule has 0 bridgehead atoms.